The topological polar surface area (TPSA) is 71.7 Å². The maximum atomic E-state index is 11.6. The van der Waals surface area contributed by atoms with Gasteiger partial charge in [-0.15, -0.1) is 0 Å². The molecule has 0 aliphatic carbocycles. The van der Waals surface area contributed by atoms with Crippen molar-refractivity contribution < 1.29 is 19.7 Å². The van der Waals surface area contributed by atoms with E-state index in [0.717, 1.165) is 17.1 Å². The largest absolute Gasteiger partial charge is 0.464 e. The third-order valence-electron chi connectivity index (χ3n) is 3.63. The van der Waals surface area contributed by atoms with Crippen LogP contribution >= 0.6 is 0 Å². The average Bonchev–Trinajstić information content (AvgIpc) is 2.81. The summed E-state index contributed by atoms with van der Waals surface area (Å²) < 4.78 is 6.72. The van der Waals surface area contributed by atoms with Gasteiger partial charge in [0.2, 0.25) is 0 Å². The normalized spacial score (nSPS) is 13.7. The molecule has 2 unspecified atom stereocenters. The molecule has 0 spiro atoms. The number of esters is 1. The minimum atomic E-state index is -1.59. The lowest BCUT2D eigenvalue weighted by Gasteiger charge is -2.17. The molecule has 0 radical (unpaired) electrons. The molecule has 2 atom stereocenters. The Morgan fingerprint density at radius 2 is 1.86 bits per heavy atom. The van der Waals surface area contributed by atoms with Crippen LogP contribution in [-0.2, 0) is 9.53 Å². The number of aryl methyl sites for hydroxylation is 1. The highest BCUT2D eigenvalue weighted by atomic mass is 16.5. The summed E-state index contributed by atoms with van der Waals surface area (Å²) in [5.41, 5.74) is 3.16. The first-order valence-electron chi connectivity index (χ1n) is 7.24. The molecule has 0 saturated carbocycles. The number of para-hydroxylation sites is 1. The van der Waals surface area contributed by atoms with E-state index in [1.165, 1.54) is 0 Å². The van der Waals surface area contributed by atoms with Crippen molar-refractivity contribution in [3.05, 3.63) is 53.3 Å². The van der Waals surface area contributed by atoms with Crippen LogP contribution in [0.2, 0.25) is 0 Å². The molecule has 2 rings (SSSR count). The maximum Gasteiger partial charge on any atom is 0.338 e. The number of nitrogens with zero attached hydrogens (tertiary/aromatic N) is 1. The number of rotatable bonds is 5. The van der Waals surface area contributed by atoms with Gasteiger partial charge in [0.25, 0.3) is 0 Å². The zero-order valence-corrected chi connectivity index (χ0v) is 13.0. The molecule has 2 N–H and O–H groups in total. The third-order valence-corrected chi connectivity index (χ3v) is 3.63. The molecule has 22 heavy (non-hydrogen) atoms. The Kier molecular flexibility index (Phi) is 5.00. The summed E-state index contributed by atoms with van der Waals surface area (Å²) >= 11 is 0. The zero-order valence-electron chi connectivity index (χ0n) is 13.0. The molecule has 5 nitrogen and oxygen atoms in total. The highest BCUT2D eigenvalue weighted by molar-refractivity contribution is 5.75. The second-order valence-electron chi connectivity index (χ2n) is 5.14. The number of carbonyl (C=O) groups is 1. The van der Waals surface area contributed by atoms with Crippen molar-refractivity contribution >= 4 is 5.97 Å². The van der Waals surface area contributed by atoms with E-state index >= 15 is 0 Å². The van der Waals surface area contributed by atoms with E-state index in [0.29, 0.717) is 5.56 Å². The SMILES string of the molecule is CCOC(=O)C(O)C(O)c1cc(C)n(-c2ccccc2)c1C. The summed E-state index contributed by atoms with van der Waals surface area (Å²) in [6, 6.07) is 11.5. The van der Waals surface area contributed by atoms with Gasteiger partial charge in [-0.2, -0.15) is 0 Å². The second kappa shape index (κ2) is 6.77. The number of ether oxygens (including phenoxy) is 1. The van der Waals surface area contributed by atoms with E-state index in [9.17, 15) is 15.0 Å². The number of hydrogen-bond donors (Lipinski definition) is 2. The van der Waals surface area contributed by atoms with Gasteiger partial charge >= 0.3 is 5.97 Å². The van der Waals surface area contributed by atoms with Crippen molar-refractivity contribution in [3.63, 3.8) is 0 Å². The predicted molar refractivity (Wildman–Crippen MR) is 82.8 cm³/mol. The molecule has 0 aliphatic rings. The number of carbonyl (C=O) groups excluding carboxylic acids is 1. The molecule has 1 aromatic carbocycles. The number of aromatic nitrogens is 1. The van der Waals surface area contributed by atoms with Gasteiger partial charge in [-0.25, -0.2) is 4.79 Å². The maximum absolute atomic E-state index is 11.6. The number of benzene rings is 1. The molecule has 0 fully saturated rings. The second-order valence-corrected chi connectivity index (χ2v) is 5.14. The van der Waals surface area contributed by atoms with Crippen LogP contribution in [0, 0.1) is 13.8 Å². The standard InChI is InChI=1S/C17H21NO4/c1-4-22-17(21)16(20)15(19)14-10-11(2)18(12(14)3)13-8-6-5-7-9-13/h5-10,15-16,19-20H,4H2,1-3H3. The summed E-state index contributed by atoms with van der Waals surface area (Å²) in [4.78, 5) is 11.6. The molecule has 0 amide bonds. The quantitative estimate of drug-likeness (QED) is 0.829. The van der Waals surface area contributed by atoms with Gasteiger partial charge in [-0.3, -0.25) is 0 Å². The average molecular weight is 303 g/mol. The van der Waals surface area contributed by atoms with E-state index in [-0.39, 0.29) is 6.61 Å². The molecule has 0 bridgehead atoms. The van der Waals surface area contributed by atoms with Crippen molar-refractivity contribution in [3.8, 4) is 5.69 Å². The first kappa shape index (κ1) is 16.3. The first-order valence-corrected chi connectivity index (χ1v) is 7.24. The molecule has 1 heterocycles. The van der Waals surface area contributed by atoms with Crippen LogP contribution in [0.3, 0.4) is 0 Å². The fourth-order valence-electron chi connectivity index (χ4n) is 2.59. The fourth-order valence-corrected chi connectivity index (χ4v) is 2.59. The van der Waals surface area contributed by atoms with Crippen LogP contribution in [-0.4, -0.2) is 33.5 Å². The first-order chi connectivity index (χ1) is 10.5. The highest BCUT2D eigenvalue weighted by Crippen LogP contribution is 2.27. The van der Waals surface area contributed by atoms with E-state index < -0.39 is 18.2 Å². The summed E-state index contributed by atoms with van der Waals surface area (Å²) in [5.74, 6) is -0.820. The molecular formula is C17H21NO4. The monoisotopic (exact) mass is 303 g/mol. The summed E-state index contributed by atoms with van der Waals surface area (Å²) in [6.45, 7) is 5.56. The number of aliphatic hydroxyl groups excluding tert-OH is 2. The lowest BCUT2D eigenvalue weighted by molar-refractivity contribution is -0.159. The van der Waals surface area contributed by atoms with Gasteiger partial charge in [0.05, 0.1) is 6.61 Å². The van der Waals surface area contributed by atoms with Crippen molar-refractivity contribution in [2.24, 2.45) is 0 Å². The van der Waals surface area contributed by atoms with Crippen molar-refractivity contribution in [2.45, 2.75) is 33.0 Å². The van der Waals surface area contributed by atoms with Crippen LogP contribution in [0.15, 0.2) is 36.4 Å². The number of hydrogen-bond acceptors (Lipinski definition) is 4. The lowest BCUT2D eigenvalue weighted by atomic mass is 10.0. The molecule has 0 aliphatic heterocycles. The van der Waals surface area contributed by atoms with E-state index in [2.05, 4.69) is 0 Å². The molecule has 5 heteroatoms. The van der Waals surface area contributed by atoms with Gasteiger partial charge in [-0.05, 0) is 39.0 Å². The fraction of sp³-hybridized carbons (Fsp3) is 0.353. The Labute approximate surface area is 129 Å². The zero-order chi connectivity index (χ0) is 16.3. The van der Waals surface area contributed by atoms with Gasteiger partial charge in [0.15, 0.2) is 6.10 Å². The molecular weight excluding hydrogens is 282 g/mol. The predicted octanol–water partition coefficient (Wildman–Crippen LogP) is 2.05. The van der Waals surface area contributed by atoms with E-state index in [4.69, 9.17) is 4.74 Å². The summed E-state index contributed by atoms with van der Waals surface area (Å²) in [7, 11) is 0. The summed E-state index contributed by atoms with van der Waals surface area (Å²) in [6.07, 6.45) is -2.91. The molecule has 0 saturated heterocycles. The van der Waals surface area contributed by atoms with Gasteiger partial charge < -0.3 is 19.5 Å². The molecule has 118 valence electrons. The minimum absolute atomic E-state index is 0.158. The van der Waals surface area contributed by atoms with Gasteiger partial charge in [-0.1, -0.05) is 18.2 Å². The Bertz CT molecular complexity index is 648. The van der Waals surface area contributed by atoms with Crippen LogP contribution < -0.4 is 0 Å². The minimum Gasteiger partial charge on any atom is -0.464 e. The van der Waals surface area contributed by atoms with E-state index in [1.807, 2.05) is 48.7 Å². The van der Waals surface area contributed by atoms with E-state index in [1.54, 1.807) is 13.0 Å². The Hall–Kier alpha value is -2.11. The van der Waals surface area contributed by atoms with Crippen LogP contribution in [0.4, 0.5) is 0 Å². The van der Waals surface area contributed by atoms with Crippen LogP contribution in [0.1, 0.15) is 30.0 Å². The van der Waals surface area contributed by atoms with Crippen LogP contribution in [0.5, 0.6) is 0 Å². The van der Waals surface area contributed by atoms with Gasteiger partial charge in [0.1, 0.15) is 6.10 Å². The summed E-state index contributed by atoms with van der Waals surface area (Å²) in [5, 5.41) is 20.2. The Morgan fingerprint density at radius 1 is 1.23 bits per heavy atom. The smallest absolute Gasteiger partial charge is 0.338 e. The third kappa shape index (κ3) is 3.05. The Balaban J connectivity index is 2.36. The number of aliphatic hydroxyl groups is 2. The highest BCUT2D eigenvalue weighted by Gasteiger charge is 2.29. The van der Waals surface area contributed by atoms with Crippen LogP contribution in [0.25, 0.3) is 5.69 Å². The van der Waals surface area contributed by atoms with Gasteiger partial charge in [0, 0.05) is 22.6 Å². The van der Waals surface area contributed by atoms with Crippen molar-refractivity contribution in [1.82, 2.24) is 4.57 Å². The Morgan fingerprint density at radius 3 is 2.45 bits per heavy atom. The molecule has 2 aromatic rings. The lowest BCUT2D eigenvalue weighted by Crippen LogP contribution is -2.30. The molecule has 1 aromatic heterocycles. The van der Waals surface area contributed by atoms with Crippen molar-refractivity contribution in [2.75, 3.05) is 6.61 Å². The van der Waals surface area contributed by atoms with Crippen molar-refractivity contribution in [1.29, 1.82) is 0 Å².